The van der Waals surface area contributed by atoms with Gasteiger partial charge >= 0.3 is 11.9 Å². The molecular weight excluding hydrogens is 484 g/mol. The number of ether oxygens (including phenoxy) is 2. The van der Waals surface area contributed by atoms with Gasteiger partial charge in [0.25, 0.3) is 0 Å². The van der Waals surface area contributed by atoms with Gasteiger partial charge in [0.2, 0.25) is 0 Å². The molecule has 4 aliphatic rings. The number of rotatable bonds is 8. The number of β-amino-alcohol motifs (C(OH)–C–C–N with tert-alkyl or cyclic N) is 2. The van der Waals surface area contributed by atoms with Gasteiger partial charge in [-0.2, -0.15) is 0 Å². The number of likely N-dealkylation sites (tertiary alicyclic amines) is 1. The van der Waals surface area contributed by atoms with E-state index >= 15 is 0 Å². The summed E-state index contributed by atoms with van der Waals surface area (Å²) in [6.45, 7) is 7.31. The van der Waals surface area contributed by atoms with Crippen LogP contribution in [0.4, 0.5) is 0 Å². The molecule has 6 rings (SSSR count). The molecule has 0 aromatic heterocycles. The third-order valence-electron chi connectivity index (χ3n) is 9.51. The van der Waals surface area contributed by atoms with Crippen LogP contribution >= 0.6 is 0 Å². The quantitative estimate of drug-likeness (QED) is 0.456. The molecule has 8 heteroatoms. The third kappa shape index (κ3) is 4.24. The summed E-state index contributed by atoms with van der Waals surface area (Å²) in [4.78, 5) is 26.1. The fourth-order valence-corrected chi connectivity index (χ4v) is 6.95. The first kappa shape index (κ1) is 25.5. The Kier molecular flexibility index (Phi) is 6.54. The summed E-state index contributed by atoms with van der Waals surface area (Å²) < 4.78 is 10.3. The Labute approximate surface area is 222 Å². The predicted octanol–water partition coefficient (Wildman–Crippen LogP) is 3.25. The van der Waals surface area contributed by atoms with Gasteiger partial charge in [-0.25, -0.2) is 9.59 Å². The molecule has 2 aromatic rings. The van der Waals surface area contributed by atoms with E-state index in [1.165, 1.54) is 6.42 Å². The monoisotopic (exact) mass is 520 g/mol. The molecular formula is C30H36N2O6. The van der Waals surface area contributed by atoms with E-state index in [0.29, 0.717) is 30.1 Å². The van der Waals surface area contributed by atoms with Gasteiger partial charge in [-0.3, -0.25) is 0 Å². The smallest absolute Gasteiger partial charge is 0.338 e. The highest BCUT2D eigenvalue weighted by Crippen LogP contribution is 2.43. The number of hydrogen-bond acceptors (Lipinski definition) is 8. The van der Waals surface area contributed by atoms with Crippen molar-refractivity contribution in [1.29, 1.82) is 0 Å². The number of carbonyl (C=O) groups is 2. The molecule has 2 aromatic carbocycles. The number of aliphatic hydroxyl groups is 2. The molecule has 3 N–H and O–H groups in total. The molecule has 202 valence electrons. The van der Waals surface area contributed by atoms with Crippen LogP contribution in [0.15, 0.2) is 24.3 Å². The van der Waals surface area contributed by atoms with Crippen LogP contribution in [-0.2, 0) is 22.7 Å². The summed E-state index contributed by atoms with van der Waals surface area (Å²) in [7, 11) is 0. The third-order valence-corrected chi connectivity index (χ3v) is 9.51. The lowest BCUT2D eigenvalue weighted by molar-refractivity contribution is 0.0526. The molecule has 3 atom stereocenters. The lowest BCUT2D eigenvalue weighted by Crippen LogP contribution is -2.58. The van der Waals surface area contributed by atoms with Crippen LogP contribution in [0.25, 0.3) is 0 Å². The summed E-state index contributed by atoms with van der Waals surface area (Å²) in [5.41, 5.74) is 6.57. The van der Waals surface area contributed by atoms with E-state index in [2.05, 4.69) is 10.2 Å². The van der Waals surface area contributed by atoms with Gasteiger partial charge in [0.15, 0.2) is 0 Å². The van der Waals surface area contributed by atoms with E-state index in [-0.39, 0.29) is 30.7 Å². The summed E-state index contributed by atoms with van der Waals surface area (Å²) in [6.07, 6.45) is 3.12. The van der Waals surface area contributed by atoms with Crippen LogP contribution in [-0.4, -0.2) is 58.8 Å². The molecule has 1 aliphatic carbocycles. The van der Waals surface area contributed by atoms with Crippen molar-refractivity contribution in [2.75, 3.05) is 26.2 Å². The number of nitrogens with one attached hydrogen (secondary N) is 1. The molecule has 8 nitrogen and oxygen atoms in total. The highest BCUT2D eigenvalue weighted by atomic mass is 16.5. The molecule has 1 unspecified atom stereocenters. The Hall–Kier alpha value is -2.78. The Morgan fingerprint density at radius 2 is 1.53 bits per heavy atom. The first-order valence-electron chi connectivity index (χ1n) is 13.7. The maximum absolute atomic E-state index is 11.9. The summed E-state index contributed by atoms with van der Waals surface area (Å²) in [5.74, 6) is -0.123. The fraction of sp³-hybridized carbons (Fsp3) is 0.533. The van der Waals surface area contributed by atoms with Gasteiger partial charge in [0, 0.05) is 36.3 Å². The van der Waals surface area contributed by atoms with Gasteiger partial charge in [-0.05, 0) is 86.4 Å². The second-order valence-corrected chi connectivity index (χ2v) is 11.4. The molecule has 3 heterocycles. The molecule has 1 saturated heterocycles. The van der Waals surface area contributed by atoms with E-state index in [1.54, 1.807) is 12.1 Å². The highest BCUT2D eigenvalue weighted by Gasteiger charge is 2.46. The summed E-state index contributed by atoms with van der Waals surface area (Å²) in [6, 6.07) is 7.25. The number of aliphatic hydroxyl groups excluding tert-OH is 2. The van der Waals surface area contributed by atoms with Crippen LogP contribution in [0.2, 0.25) is 0 Å². The van der Waals surface area contributed by atoms with E-state index in [0.717, 1.165) is 65.7 Å². The molecule has 1 saturated carbocycles. The normalized spacial score (nSPS) is 23.4. The van der Waals surface area contributed by atoms with E-state index in [9.17, 15) is 19.8 Å². The number of nitrogens with zero attached hydrogens (tertiary/aromatic N) is 1. The van der Waals surface area contributed by atoms with Crippen LogP contribution in [0, 0.1) is 19.8 Å². The predicted molar refractivity (Wildman–Crippen MR) is 140 cm³/mol. The first-order valence-corrected chi connectivity index (χ1v) is 13.7. The molecule has 0 amide bonds. The van der Waals surface area contributed by atoms with Crippen LogP contribution in [0.5, 0.6) is 0 Å². The minimum Gasteiger partial charge on any atom is -0.457 e. The minimum atomic E-state index is -0.661. The number of esters is 2. The van der Waals surface area contributed by atoms with Crippen LogP contribution in [0.1, 0.15) is 92.0 Å². The molecule has 0 radical (unpaired) electrons. The van der Waals surface area contributed by atoms with Crippen LogP contribution in [0.3, 0.4) is 0 Å². The van der Waals surface area contributed by atoms with Crippen molar-refractivity contribution in [2.45, 2.75) is 70.5 Å². The number of fused-ring (bicyclic) bond motifs is 2. The second kappa shape index (κ2) is 9.75. The zero-order valence-corrected chi connectivity index (χ0v) is 22.1. The van der Waals surface area contributed by atoms with Crippen molar-refractivity contribution in [3.8, 4) is 0 Å². The van der Waals surface area contributed by atoms with Crippen molar-refractivity contribution in [3.63, 3.8) is 0 Å². The Morgan fingerprint density at radius 3 is 2.08 bits per heavy atom. The van der Waals surface area contributed by atoms with Gasteiger partial charge < -0.3 is 29.9 Å². The zero-order valence-electron chi connectivity index (χ0n) is 22.1. The zero-order chi connectivity index (χ0) is 26.6. The number of carbonyl (C=O) groups excluding carboxylic acids is 2. The second-order valence-electron chi connectivity index (χ2n) is 11.4. The SMILES string of the molecule is Cc1c([C@H](O)CNC2(C3CCN(C[C@H](O)c4ccc5c(c4C)COC5=O)C3)CCC2)ccc2c1COC2=O. The number of cyclic esters (lactones) is 2. The molecule has 2 fully saturated rings. The van der Waals surface area contributed by atoms with Gasteiger partial charge in [-0.1, -0.05) is 12.1 Å². The molecule has 0 bridgehead atoms. The average Bonchev–Trinajstić information content (AvgIpc) is 3.59. The van der Waals surface area contributed by atoms with E-state index in [4.69, 9.17) is 9.47 Å². The first-order chi connectivity index (χ1) is 18.3. The van der Waals surface area contributed by atoms with Gasteiger partial charge in [-0.15, -0.1) is 0 Å². The van der Waals surface area contributed by atoms with Gasteiger partial charge in [0.05, 0.1) is 23.3 Å². The molecule has 0 spiro atoms. The summed E-state index contributed by atoms with van der Waals surface area (Å²) in [5, 5.41) is 25.9. The number of benzene rings is 2. The fourth-order valence-electron chi connectivity index (χ4n) is 6.95. The number of hydrogen-bond donors (Lipinski definition) is 3. The Morgan fingerprint density at radius 1 is 0.947 bits per heavy atom. The highest BCUT2D eigenvalue weighted by molar-refractivity contribution is 5.94. The Bertz CT molecular complexity index is 1290. The lowest BCUT2D eigenvalue weighted by atomic mass is 9.67. The van der Waals surface area contributed by atoms with Crippen molar-refractivity contribution >= 4 is 11.9 Å². The van der Waals surface area contributed by atoms with Crippen molar-refractivity contribution < 1.29 is 29.3 Å². The van der Waals surface area contributed by atoms with E-state index < -0.39 is 12.2 Å². The average molecular weight is 521 g/mol. The molecule has 38 heavy (non-hydrogen) atoms. The topological polar surface area (TPSA) is 108 Å². The van der Waals surface area contributed by atoms with Crippen molar-refractivity contribution in [3.05, 3.63) is 68.8 Å². The molecule has 3 aliphatic heterocycles. The van der Waals surface area contributed by atoms with E-state index in [1.807, 2.05) is 26.0 Å². The lowest BCUT2D eigenvalue weighted by Gasteiger charge is -2.48. The van der Waals surface area contributed by atoms with Crippen LogP contribution < -0.4 is 5.32 Å². The maximum Gasteiger partial charge on any atom is 0.338 e. The minimum absolute atomic E-state index is 0.00553. The maximum atomic E-state index is 11.9. The van der Waals surface area contributed by atoms with Gasteiger partial charge in [0.1, 0.15) is 13.2 Å². The van der Waals surface area contributed by atoms with Crippen molar-refractivity contribution in [2.24, 2.45) is 5.92 Å². The summed E-state index contributed by atoms with van der Waals surface area (Å²) >= 11 is 0. The Balaban J connectivity index is 1.08. The van der Waals surface area contributed by atoms with Crippen molar-refractivity contribution in [1.82, 2.24) is 10.2 Å². The standard InChI is InChI=1S/C30H36N2O6/c1-17-20(4-6-22-24(17)15-37-28(22)35)26(33)12-31-30(9-3-10-30)19-8-11-32(13-19)14-27(34)21-5-7-23-25(18(21)2)16-38-29(23)36/h4-7,19,26-27,31,33-34H,3,8-16H2,1-2H3/t19?,26-,27+/m1/s1. The largest absolute Gasteiger partial charge is 0.457 e.